The van der Waals surface area contributed by atoms with Crippen LogP contribution in [0.3, 0.4) is 0 Å². The Morgan fingerprint density at radius 1 is 0.531 bits per heavy atom. The molecule has 3 heterocycles. The molecule has 0 radical (unpaired) electrons. The van der Waals surface area contributed by atoms with E-state index in [2.05, 4.69) is 145 Å². The number of hydrogen-bond acceptors (Lipinski definition) is 1. The fraction of sp³-hybridized carbons (Fsp3) is 0.136. The van der Waals surface area contributed by atoms with Crippen LogP contribution in [0.2, 0.25) is 0 Å². The molecule has 6 aromatic carbocycles. The smallest absolute Gasteiger partial charge is 0.188 e. The molecular formula is C44H39N5. The molecule has 49 heavy (non-hydrogen) atoms. The maximum absolute atomic E-state index is 9.21. The number of aryl methyl sites for hydroxylation is 5. The van der Waals surface area contributed by atoms with Gasteiger partial charge in [0.15, 0.2) is 5.69 Å². The van der Waals surface area contributed by atoms with Crippen molar-refractivity contribution in [3.63, 3.8) is 0 Å². The predicted molar refractivity (Wildman–Crippen MR) is 208 cm³/mol. The first-order valence-corrected chi connectivity index (χ1v) is 16.0. The van der Waals surface area contributed by atoms with Gasteiger partial charge in [0.05, 0.1) is 34.8 Å². The highest BCUT2D eigenvalue weighted by molar-refractivity contribution is 6.12. The van der Waals surface area contributed by atoms with E-state index in [0.717, 1.165) is 16.5 Å². The third-order valence-electron chi connectivity index (χ3n) is 9.52. The van der Waals surface area contributed by atoms with E-state index in [1.54, 1.807) is 0 Å². The Hall–Kier alpha value is -6.30. The lowest BCUT2D eigenvalue weighted by Crippen LogP contribution is -1.88. The Balaban J connectivity index is 0.000000127. The first-order valence-electron chi connectivity index (χ1n) is 16.0. The fourth-order valence-electron chi connectivity index (χ4n) is 7.28. The van der Waals surface area contributed by atoms with Gasteiger partial charge in [-0.15, -0.1) is 0 Å². The standard InChI is InChI=1S/2C15H12N2.C13H11N.CH4/c1-10-5-4-6-12-13-9-11(16-2)7-8-14(13)17(3)15(10)12;1-10-5-3-7-12-14-11(9-16)6-4-8-13(14)17(2)15(10)12;1-14-12-8-4-2-6-10(12)11-7-3-5-9-13(11)14;/h4-9H,1,3H3;3-8H,1-2H3;2-9H,1H3;1H4. The number of hydrogen-bond donors (Lipinski definition) is 0. The van der Waals surface area contributed by atoms with Crippen molar-refractivity contribution in [2.24, 2.45) is 21.1 Å². The lowest BCUT2D eigenvalue weighted by Gasteiger charge is -2.00. The molecule has 240 valence electrons. The molecule has 0 unspecified atom stereocenters. The molecule has 0 bridgehead atoms. The monoisotopic (exact) mass is 637 g/mol. The van der Waals surface area contributed by atoms with Crippen LogP contribution in [0.5, 0.6) is 0 Å². The van der Waals surface area contributed by atoms with Gasteiger partial charge in [0, 0.05) is 64.6 Å². The van der Waals surface area contributed by atoms with Gasteiger partial charge in [0.1, 0.15) is 0 Å². The first-order chi connectivity index (χ1) is 23.3. The highest BCUT2D eigenvalue weighted by Gasteiger charge is 2.13. The van der Waals surface area contributed by atoms with Crippen molar-refractivity contribution in [1.29, 1.82) is 5.26 Å². The van der Waals surface area contributed by atoms with E-state index in [1.165, 1.54) is 65.6 Å². The van der Waals surface area contributed by atoms with Gasteiger partial charge in [-0.05, 0) is 66.8 Å². The maximum atomic E-state index is 9.21. The SMILES string of the molecule is C.Cc1cccc2c3c(C#N)cccc3n(C)c12.Cn1c2ccccc2c2ccccc21.[C-]#[N+]c1ccc2c(c1)c1cccc(C)c1n2C. The van der Waals surface area contributed by atoms with Gasteiger partial charge in [-0.3, -0.25) is 0 Å². The van der Waals surface area contributed by atoms with Crippen molar-refractivity contribution in [2.75, 3.05) is 0 Å². The third-order valence-corrected chi connectivity index (χ3v) is 9.52. The largest absolute Gasteiger partial charge is 0.344 e. The summed E-state index contributed by atoms with van der Waals surface area (Å²) in [5.74, 6) is 0. The number of nitriles is 1. The second kappa shape index (κ2) is 13.1. The van der Waals surface area contributed by atoms with Gasteiger partial charge in [-0.1, -0.05) is 92.4 Å². The minimum atomic E-state index is 0. The summed E-state index contributed by atoms with van der Waals surface area (Å²) in [4.78, 5) is 3.50. The average Bonchev–Trinajstić information content (AvgIpc) is 3.71. The second-order valence-electron chi connectivity index (χ2n) is 12.3. The van der Waals surface area contributed by atoms with E-state index < -0.39 is 0 Å². The molecule has 0 spiro atoms. The fourth-order valence-corrected chi connectivity index (χ4v) is 7.28. The Morgan fingerprint density at radius 2 is 1.02 bits per heavy atom. The molecular weight excluding hydrogens is 599 g/mol. The summed E-state index contributed by atoms with van der Waals surface area (Å²) in [6.45, 7) is 11.3. The zero-order chi connectivity index (χ0) is 33.5. The molecule has 0 saturated carbocycles. The molecule has 0 fully saturated rings. The van der Waals surface area contributed by atoms with Crippen LogP contribution in [0, 0.1) is 31.8 Å². The molecule has 9 aromatic rings. The molecule has 0 atom stereocenters. The van der Waals surface area contributed by atoms with Gasteiger partial charge in [-0.25, -0.2) is 4.85 Å². The number of aromatic nitrogens is 3. The van der Waals surface area contributed by atoms with Crippen LogP contribution in [0.1, 0.15) is 24.1 Å². The molecule has 0 saturated heterocycles. The topological polar surface area (TPSA) is 42.9 Å². The Bertz CT molecular complexity index is 2700. The molecule has 0 aliphatic rings. The van der Waals surface area contributed by atoms with Crippen LogP contribution in [-0.2, 0) is 21.1 Å². The molecule has 5 heteroatoms. The van der Waals surface area contributed by atoms with Gasteiger partial charge in [-0.2, -0.15) is 5.26 Å². The molecule has 0 amide bonds. The second-order valence-corrected chi connectivity index (χ2v) is 12.3. The Morgan fingerprint density at radius 3 is 1.63 bits per heavy atom. The number of para-hydroxylation sites is 4. The summed E-state index contributed by atoms with van der Waals surface area (Å²) in [5.41, 5.74) is 11.3. The zero-order valence-electron chi connectivity index (χ0n) is 27.8. The lowest BCUT2D eigenvalue weighted by molar-refractivity contribution is 1.01. The van der Waals surface area contributed by atoms with Crippen molar-refractivity contribution in [2.45, 2.75) is 21.3 Å². The minimum Gasteiger partial charge on any atom is -0.344 e. The zero-order valence-corrected chi connectivity index (χ0v) is 27.8. The molecule has 0 aliphatic heterocycles. The van der Waals surface area contributed by atoms with Crippen LogP contribution in [0.4, 0.5) is 5.69 Å². The van der Waals surface area contributed by atoms with E-state index in [-0.39, 0.29) is 7.43 Å². The molecule has 0 N–H and O–H groups in total. The number of benzene rings is 6. The van der Waals surface area contributed by atoms with E-state index in [9.17, 15) is 5.26 Å². The summed E-state index contributed by atoms with van der Waals surface area (Å²) >= 11 is 0. The highest BCUT2D eigenvalue weighted by atomic mass is 14.9. The first kappa shape index (κ1) is 32.6. The van der Waals surface area contributed by atoms with Crippen molar-refractivity contribution in [1.82, 2.24) is 13.7 Å². The molecule has 5 nitrogen and oxygen atoms in total. The predicted octanol–water partition coefficient (Wildman–Crippen LogP) is 11.7. The van der Waals surface area contributed by atoms with Gasteiger partial charge >= 0.3 is 0 Å². The van der Waals surface area contributed by atoms with Crippen molar-refractivity contribution in [3.8, 4) is 6.07 Å². The maximum Gasteiger partial charge on any atom is 0.188 e. The Labute approximate surface area is 287 Å². The van der Waals surface area contributed by atoms with E-state index >= 15 is 0 Å². The van der Waals surface area contributed by atoms with Crippen molar-refractivity contribution >= 4 is 71.1 Å². The van der Waals surface area contributed by atoms with E-state index in [0.29, 0.717) is 5.69 Å². The normalized spacial score (nSPS) is 10.8. The molecule has 3 aromatic heterocycles. The van der Waals surface area contributed by atoms with Crippen molar-refractivity contribution in [3.05, 3.63) is 149 Å². The third kappa shape index (κ3) is 5.36. The number of rotatable bonds is 0. The summed E-state index contributed by atoms with van der Waals surface area (Å²) in [7, 11) is 6.25. The lowest BCUT2D eigenvalue weighted by atomic mass is 10.1. The average molecular weight is 638 g/mol. The summed E-state index contributed by atoms with van der Waals surface area (Å²) in [6.07, 6.45) is 0. The molecule has 0 aliphatic carbocycles. The summed E-state index contributed by atoms with van der Waals surface area (Å²) in [6, 6.07) is 43.6. The minimum absolute atomic E-state index is 0. The van der Waals surface area contributed by atoms with Crippen LogP contribution >= 0.6 is 0 Å². The van der Waals surface area contributed by atoms with Gasteiger partial charge in [0.2, 0.25) is 0 Å². The summed E-state index contributed by atoms with van der Waals surface area (Å²) < 4.78 is 6.61. The van der Waals surface area contributed by atoms with Gasteiger partial charge < -0.3 is 13.7 Å². The van der Waals surface area contributed by atoms with E-state index in [4.69, 9.17) is 6.57 Å². The van der Waals surface area contributed by atoms with E-state index in [1.807, 2.05) is 36.4 Å². The quantitative estimate of drug-likeness (QED) is 0.153. The van der Waals surface area contributed by atoms with Crippen LogP contribution in [0.15, 0.2) is 121 Å². The Kier molecular flexibility index (Phi) is 8.70. The number of fused-ring (bicyclic) bond motifs is 9. The van der Waals surface area contributed by atoms with Crippen molar-refractivity contribution < 1.29 is 0 Å². The van der Waals surface area contributed by atoms with Crippen LogP contribution in [-0.4, -0.2) is 13.7 Å². The molecule has 9 rings (SSSR count). The van der Waals surface area contributed by atoms with Crippen LogP contribution < -0.4 is 0 Å². The summed E-state index contributed by atoms with van der Waals surface area (Å²) in [5, 5.41) is 16.5. The number of nitrogens with zero attached hydrogens (tertiary/aromatic N) is 5. The highest BCUT2D eigenvalue weighted by Crippen LogP contribution is 2.34. The van der Waals surface area contributed by atoms with Gasteiger partial charge in [0.25, 0.3) is 0 Å². The van der Waals surface area contributed by atoms with Crippen LogP contribution in [0.25, 0.3) is 70.3 Å².